The monoisotopic (exact) mass is 229 g/mol. The van der Waals surface area contributed by atoms with Crippen LogP contribution in [0.3, 0.4) is 0 Å². The number of pyridine rings is 1. The lowest BCUT2D eigenvalue weighted by Crippen LogP contribution is -2.14. The van der Waals surface area contributed by atoms with Crippen LogP contribution in [0.15, 0.2) is 24.4 Å². The SMILES string of the molecule is O=Cc1ccc(N2CCc3cc(O)[nH]c32)cn1. The van der Waals surface area contributed by atoms with Crippen molar-refractivity contribution in [3.05, 3.63) is 35.7 Å². The summed E-state index contributed by atoms with van der Waals surface area (Å²) in [6, 6.07) is 5.27. The molecule has 2 aromatic rings. The number of aromatic hydroxyl groups is 1. The van der Waals surface area contributed by atoms with Crippen molar-refractivity contribution >= 4 is 17.8 Å². The number of carbonyl (C=O) groups excluding carboxylic acids is 1. The molecular weight excluding hydrogens is 218 g/mol. The van der Waals surface area contributed by atoms with E-state index in [-0.39, 0.29) is 5.88 Å². The van der Waals surface area contributed by atoms with Crippen LogP contribution in [0.5, 0.6) is 5.88 Å². The zero-order chi connectivity index (χ0) is 11.8. The van der Waals surface area contributed by atoms with Crippen molar-refractivity contribution < 1.29 is 9.90 Å². The van der Waals surface area contributed by atoms with Crippen LogP contribution in [0.25, 0.3) is 0 Å². The lowest BCUT2D eigenvalue weighted by atomic mass is 10.3. The van der Waals surface area contributed by atoms with E-state index in [2.05, 4.69) is 9.97 Å². The molecule has 0 atom stereocenters. The van der Waals surface area contributed by atoms with Gasteiger partial charge in [-0.15, -0.1) is 0 Å². The van der Waals surface area contributed by atoms with Gasteiger partial charge in [0.2, 0.25) is 0 Å². The van der Waals surface area contributed by atoms with Gasteiger partial charge in [-0.2, -0.15) is 0 Å². The molecule has 5 heteroatoms. The number of fused-ring (bicyclic) bond motifs is 1. The summed E-state index contributed by atoms with van der Waals surface area (Å²) in [6.07, 6.45) is 3.28. The van der Waals surface area contributed by atoms with Gasteiger partial charge in [0.1, 0.15) is 11.5 Å². The summed E-state index contributed by atoms with van der Waals surface area (Å²) in [5.74, 6) is 1.08. The number of hydrogen-bond donors (Lipinski definition) is 2. The minimum atomic E-state index is 0.178. The van der Waals surface area contributed by atoms with Crippen LogP contribution in [0.2, 0.25) is 0 Å². The Bertz CT molecular complexity index is 560. The van der Waals surface area contributed by atoms with Crippen LogP contribution in [-0.4, -0.2) is 27.9 Å². The summed E-state index contributed by atoms with van der Waals surface area (Å²) in [5, 5.41) is 9.40. The van der Waals surface area contributed by atoms with Crippen molar-refractivity contribution in [3.63, 3.8) is 0 Å². The Morgan fingerprint density at radius 1 is 1.47 bits per heavy atom. The van der Waals surface area contributed by atoms with E-state index in [0.29, 0.717) is 5.69 Å². The Balaban J connectivity index is 1.97. The number of carbonyl (C=O) groups is 1. The minimum absolute atomic E-state index is 0.178. The Hall–Kier alpha value is -2.30. The van der Waals surface area contributed by atoms with Crippen molar-refractivity contribution in [2.75, 3.05) is 11.4 Å². The Morgan fingerprint density at radius 2 is 2.35 bits per heavy atom. The summed E-state index contributed by atoms with van der Waals surface area (Å²) in [4.78, 5) is 19.5. The fraction of sp³-hybridized carbons (Fsp3) is 0.167. The third-order valence-corrected chi connectivity index (χ3v) is 2.94. The maximum absolute atomic E-state index is 10.5. The largest absolute Gasteiger partial charge is 0.495 e. The van der Waals surface area contributed by atoms with Gasteiger partial charge in [-0.25, -0.2) is 0 Å². The van der Waals surface area contributed by atoms with E-state index < -0.39 is 0 Å². The molecule has 3 rings (SSSR count). The van der Waals surface area contributed by atoms with Crippen LogP contribution in [0.4, 0.5) is 11.5 Å². The highest BCUT2D eigenvalue weighted by Crippen LogP contribution is 2.35. The summed E-state index contributed by atoms with van der Waals surface area (Å²) < 4.78 is 0. The number of aldehydes is 1. The lowest BCUT2D eigenvalue weighted by Gasteiger charge is -2.17. The Morgan fingerprint density at radius 3 is 3.06 bits per heavy atom. The quantitative estimate of drug-likeness (QED) is 0.768. The topological polar surface area (TPSA) is 69.2 Å². The average Bonchev–Trinajstić information content (AvgIpc) is 2.88. The van der Waals surface area contributed by atoms with Crippen molar-refractivity contribution in [2.24, 2.45) is 0 Å². The van der Waals surface area contributed by atoms with E-state index >= 15 is 0 Å². The van der Waals surface area contributed by atoms with Gasteiger partial charge in [-0.1, -0.05) is 0 Å². The van der Waals surface area contributed by atoms with Crippen LogP contribution in [0.1, 0.15) is 16.1 Å². The number of aromatic amines is 1. The van der Waals surface area contributed by atoms with Crippen LogP contribution >= 0.6 is 0 Å². The number of nitrogens with zero attached hydrogens (tertiary/aromatic N) is 2. The molecule has 0 aliphatic carbocycles. The molecule has 1 aliphatic rings. The summed E-state index contributed by atoms with van der Waals surface area (Å²) in [5.41, 5.74) is 2.43. The molecule has 0 aromatic carbocycles. The van der Waals surface area contributed by atoms with Crippen molar-refractivity contribution in [1.82, 2.24) is 9.97 Å². The number of rotatable bonds is 2. The second-order valence-corrected chi connectivity index (χ2v) is 3.99. The van der Waals surface area contributed by atoms with Gasteiger partial charge >= 0.3 is 0 Å². The van der Waals surface area contributed by atoms with E-state index in [0.717, 1.165) is 36.3 Å². The maximum Gasteiger partial charge on any atom is 0.190 e. The molecule has 0 bridgehead atoms. The fourth-order valence-corrected chi connectivity index (χ4v) is 2.13. The first-order valence-corrected chi connectivity index (χ1v) is 5.37. The summed E-state index contributed by atoms with van der Waals surface area (Å²) in [7, 11) is 0. The third-order valence-electron chi connectivity index (χ3n) is 2.94. The highest BCUT2D eigenvalue weighted by molar-refractivity contribution is 5.74. The standard InChI is InChI=1S/C12H11N3O2/c16-7-9-1-2-10(6-13-9)15-4-3-8-5-11(17)14-12(8)15/h1-2,5-7,14,17H,3-4H2. The minimum Gasteiger partial charge on any atom is -0.495 e. The molecule has 86 valence electrons. The molecule has 0 spiro atoms. The molecule has 0 unspecified atom stereocenters. The summed E-state index contributed by atoms with van der Waals surface area (Å²) >= 11 is 0. The van der Waals surface area contributed by atoms with Gasteiger partial charge in [0.15, 0.2) is 12.2 Å². The second-order valence-electron chi connectivity index (χ2n) is 3.99. The zero-order valence-electron chi connectivity index (χ0n) is 9.05. The highest BCUT2D eigenvalue weighted by Gasteiger charge is 2.23. The van der Waals surface area contributed by atoms with Gasteiger partial charge in [0.25, 0.3) is 0 Å². The third kappa shape index (κ3) is 1.56. The smallest absolute Gasteiger partial charge is 0.190 e. The molecule has 0 saturated heterocycles. The molecule has 5 nitrogen and oxygen atoms in total. The number of H-pyrrole nitrogens is 1. The van der Waals surface area contributed by atoms with Crippen molar-refractivity contribution in [1.29, 1.82) is 0 Å². The molecule has 0 amide bonds. The molecule has 3 heterocycles. The molecule has 17 heavy (non-hydrogen) atoms. The first-order chi connectivity index (χ1) is 8.28. The normalized spacial score (nSPS) is 13.8. The maximum atomic E-state index is 10.5. The van der Waals surface area contributed by atoms with Gasteiger partial charge in [0, 0.05) is 18.2 Å². The van der Waals surface area contributed by atoms with Gasteiger partial charge in [-0.05, 0) is 18.6 Å². The van der Waals surface area contributed by atoms with Gasteiger partial charge in [-0.3, -0.25) is 9.78 Å². The molecule has 0 fully saturated rings. The molecule has 0 radical (unpaired) electrons. The first-order valence-electron chi connectivity index (χ1n) is 5.37. The van der Waals surface area contributed by atoms with Gasteiger partial charge in [0.05, 0.1) is 11.9 Å². The summed E-state index contributed by atoms with van der Waals surface area (Å²) in [6.45, 7) is 0.851. The average molecular weight is 229 g/mol. The van der Waals surface area contributed by atoms with Crippen LogP contribution in [-0.2, 0) is 6.42 Å². The number of anilines is 2. The Kier molecular flexibility index (Phi) is 2.11. The second kappa shape index (κ2) is 3.62. The number of hydrogen-bond acceptors (Lipinski definition) is 4. The van der Waals surface area contributed by atoms with E-state index in [9.17, 15) is 9.90 Å². The van der Waals surface area contributed by atoms with E-state index in [4.69, 9.17) is 0 Å². The number of aromatic nitrogens is 2. The predicted molar refractivity (Wildman–Crippen MR) is 62.8 cm³/mol. The van der Waals surface area contributed by atoms with Crippen LogP contribution < -0.4 is 4.90 Å². The highest BCUT2D eigenvalue weighted by atomic mass is 16.3. The molecule has 0 saturated carbocycles. The molecule has 2 aromatic heterocycles. The van der Waals surface area contributed by atoms with E-state index in [1.165, 1.54) is 0 Å². The van der Waals surface area contributed by atoms with E-state index in [1.54, 1.807) is 18.3 Å². The fourth-order valence-electron chi connectivity index (χ4n) is 2.13. The van der Waals surface area contributed by atoms with Crippen molar-refractivity contribution in [2.45, 2.75) is 6.42 Å². The molecular formula is C12H11N3O2. The zero-order valence-corrected chi connectivity index (χ0v) is 9.05. The number of nitrogens with one attached hydrogen (secondary N) is 1. The predicted octanol–water partition coefficient (Wildman–Crippen LogP) is 1.62. The van der Waals surface area contributed by atoms with E-state index in [1.807, 2.05) is 11.0 Å². The Labute approximate surface area is 97.7 Å². The van der Waals surface area contributed by atoms with Gasteiger partial charge < -0.3 is 15.0 Å². The molecule has 1 aliphatic heterocycles. The first kappa shape index (κ1) is 9.89. The molecule has 2 N–H and O–H groups in total. The van der Waals surface area contributed by atoms with Crippen molar-refractivity contribution in [3.8, 4) is 5.88 Å². The lowest BCUT2D eigenvalue weighted by molar-refractivity contribution is 0.111. The van der Waals surface area contributed by atoms with Crippen LogP contribution in [0, 0.1) is 0 Å².